The van der Waals surface area contributed by atoms with Crippen LogP contribution in [0.3, 0.4) is 0 Å². The van der Waals surface area contributed by atoms with Gasteiger partial charge in [0.2, 0.25) is 0 Å². The number of ether oxygens (including phenoxy) is 1. The summed E-state index contributed by atoms with van der Waals surface area (Å²) >= 11 is 5.90. The molecule has 2 nitrogen and oxygen atoms in total. The Balaban J connectivity index is 1.97. The number of halogens is 1. The van der Waals surface area contributed by atoms with Crippen molar-refractivity contribution < 1.29 is 4.74 Å². The highest BCUT2D eigenvalue weighted by atomic mass is 35.5. The molecule has 0 aliphatic carbocycles. The number of nitrogens with one attached hydrogen (secondary N) is 1. The molecule has 0 saturated heterocycles. The van der Waals surface area contributed by atoms with Crippen molar-refractivity contribution in [2.75, 3.05) is 7.11 Å². The third-order valence-electron chi connectivity index (χ3n) is 3.44. The second-order valence-electron chi connectivity index (χ2n) is 4.96. The van der Waals surface area contributed by atoms with Gasteiger partial charge in [0.05, 0.1) is 7.11 Å². The van der Waals surface area contributed by atoms with Crippen LogP contribution < -0.4 is 10.1 Å². The highest BCUT2D eigenvalue weighted by molar-refractivity contribution is 6.30. The van der Waals surface area contributed by atoms with Crippen LogP contribution in [0.5, 0.6) is 5.75 Å². The molecule has 0 unspecified atom stereocenters. The lowest BCUT2D eigenvalue weighted by Gasteiger charge is -2.15. The van der Waals surface area contributed by atoms with Crippen LogP contribution >= 0.6 is 11.6 Å². The van der Waals surface area contributed by atoms with Crippen molar-refractivity contribution in [1.29, 1.82) is 0 Å². The lowest BCUT2D eigenvalue weighted by molar-refractivity contribution is 0.411. The zero-order valence-electron chi connectivity index (χ0n) is 12.1. The molecule has 2 aromatic carbocycles. The fraction of sp³-hybridized carbons (Fsp3) is 0.294. The van der Waals surface area contributed by atoms with Crippen molar-refractivity contribution in [1.82, 2.24) is 5.32 Å². The van der Waals surface area contributed by atoms with E-state index in [-0.39, 0.29) is 6.04 Å². The minimum atomic E-state index is 0.287. The maximum absolute atomic E-state index is 5.90. The maximum atomic E-state index is 5.90. The fourth-order valence-corrected chi connectivity index (χ4v) is 2.32. The normalized spacial score (nSPS) is 12.2. The Kier molecular flexibility index (Phi) is 5.05. The number of methoxy groups -OCH3 is 1. The van der Waals surface area contributed by atoms with Gasteiger partial charge in [0, 0.05) is 17.6 Å². The Hall–Kier alpha value is -1.51. The number of rotatable bonds is 5. The molecule has 1 N–H and O–H groups in total. The van der Waals surface area contributed by atoms with E-state index >= 15 is 0 Å². The van der Waals surface area contributed by atoms with Crippen LogP contribution in [0.15, 0.2) is 42.5 Å². The van der Waals surface area contributed by atoms with Gasteiger partial charge in [-0.05, 0) is 48.7 Å². The molecule has 0 aliphatic rings. The quantitative estimate of drug-likeness (QED) is 0.874. The highest BCUT2D eigenvalue weighted by Crippen LogP contribution is 2.20. The van der Waals surface area contributed by atoms with Crippen LogP contribution in [-0.2, 0) is 6.54 Å². The van der Waals surface area contributed by atoms with E-state index in [0.29, 0.717) is 0 Å². The van der Waals surface area contributed by atoms with E-state index in [1.54, 1.807) is 7.11 Å². The lowest BCUT2D eigenvalue weighted by atomic mass is 10.1. The Labute approximate surface area is 125 Å². The van der Waals surface area contributed by atoms with Crippen LogP contribution in [0.4, 0.5) is 0 Å². The monoisotopic (exact) mass is 289 g/mol. The van der Waals surface area contributed by atoms with E-state index in [9.17, 15) is 0 Å². The molecule has 2 aromatic rings. The van der Waals surface area contributed by atoms with Crippen LogP contribution in [0, 0.1) is 6.92 Å². The molecule has 0 aliphatic heterocycles. The van der Waals surface area contributed by atoms with Crippen molar-refractivity contribution in [3.05, 3.63) is 64.2 Å². The summed E-state index contributed by atoms with van der Waals surface area (Å²) in [7, 11) is 1.70. The van der Waals surface area contributed by atoms with Crippen LogP contribution in [-0.4, -0.2) is 7.11 Å². The molecule has 3 heteroatoms. The first-order valence-corrected chi connectivity index (χ1v) is 7.10. The molecule has 0 heterocycles. The van der Waals surface area contributed by atoms with Crippen LogP contribution in [0.1, 0.15) is 29.7 Å². The van der Waals surface area contributed by atoms with E-state index in [4.69, 9.17) is 16.3 Å². The summed E-state index contributed by atoms with van der Waals surface area (Å²) in [6.45, 7) is 5.04. The Morgan fingerprint density at radius 1 is 1.15 bits per heavy atom. The van der Waals surface area contributed by atoms with E-state index in [1.165, 1.54) is 11.1 Å². The third-order valence-corrected chi connectivity index (χ3v) is 3.69. The molecule has 0 radical (unpaired) electrons. The first kappa shape index (κ1) is 14.9. The summed E-state index contributed by atoms with van der Waals surface area (Å²) in [4.78, 5) is 0. The van der Waals surface area contributed by atoms with Crippen molar-refractivity contribution in [2.24, 2.45) is 0 Å². The van der Waals surface area contributed by atoms with Gasteiger partial charge in [-0.1, -0.05) is 35.9 Å². The predicted molar refractivity (Wildman–Crippen MR) is 84.4 cm³/mol. The van der Waals surface area contributed by atoms with Crippen LogP contribution in [0.25, 0.3) is 0 Å². The molecule has 0 fully saturated rings. The molecule has 0 bridgehead atoms. The minimum absolute atomic E-state index is 0.287. The molecular weight excluding hydrogens is 270 g/mol. The van der Waals surface area contributed by atoms with Crippen LogP contribution in [0.2, 0.25) is 5.02 Å². The zero-order valence-corrected chi connectivity index (χ0v) is 12.9. The average Bonchev–Trinajstić information content (AvgIpc) is 2.45. The molecule has 0 saturated carbocycles. The fourth-order valence-electron chi connectivity index (χ4n) is 2.19. The molecule has 0 spiro atoms. The van der Waals surface area contributed by atoms with E-state index in [0.717, 1.165) is 22.9 Å². The number of hydrogen-bond acceptors (Lipinski definition) is 2. The summed E-state index contributed by atoms with van der Waals surface area (Å²) < 4.78 is 5.27. The maximum Gasteiger partial charge on any atom is 0.121 e. The SMILES string of the molecule is COc1ccc(CN[C@H](C)c2ccc(Cl)cc2)cc1C. The summed E-state index contributed by atoms with van der Waals surface area (Å²) in [5.74, 6) is 0.930. The van der Waals surface area contributed by atoms with E-state index in [1.807, 2.05) is 18.2 Å². The topological polar surface area (TPSA) is 21.3 Å². The molecule has 0 amide bonds. The van der Waals surface area contributed by atoms with Gasteiger partial charge >= 0.3 is 0 Å². The van der Waals surface area contributed by atoms with Gasteiger partial charge in [-0.15, -0.1) is 0 Å². The Morgan fingerprint density at radius 2 is 1.85 bits per heavy atom. The van der Waals surface area contributed by atoms with E-state index < -0.39 is 0 Å². The van der Waals surface area contributed by atoms with Crippen molar-refractivity contribution in [2.45, 2.75) is 26.4 Å². The smallest absolute Gasteiger partial charge is 0.121 e. The second-order valence-corrected chi connectivity index (χ2v) is 5.39. The standard InChI is InChI=1S/C17H20ClNO/c1-12-10-14(4-9-17(12)20-3)11-19-13(2)15-5-7-16(18)8-6-15/h4-10,13,19H,11H2,1-3H3/t13-/m1/s1. The van der Waals surface area contributed by atoms with E-state index in [2.05, 4.69) is 43.4 Å². The van der Waals surface area contributed by atoms with Crippen molar-refractivity contribution in [3.8, 4) is 5.75 Å². The number of hydrogen-bond donors (Lipinski definition) is 1. The molecule has 1 atom stereocenters. The second kappa shape index (κ2) is 6.78. The Bertz CT molecular complexity index is 566. The van der Waals surface area contributed by atoms with Gasteiger partial charge in [0.25, 0.3) is 0 Å². The molecular formula is C17H20ClNO. The third kappa shape index (κ3) is 3.75. The molecule has 20 heavy (non-hydrogen) atoms. The van der Waals surface area contributed by atoms with Gasteiger partial charge in [-0.3, -0.25) is 0 Å². The van der Waals surface area contributed by atoms with Gasteiger partial charge in [-0.2, -0.15) is 0 Å². The van der Waals surface area contributed by atoms with Gasteiger partial charge < -0.3 is 10.1 Å². The lowest BCUT2D eigenvalue weighted by Crippen LogP contribution is -2.18. The largest absolute Gasteiger partial charge is 0.496 e. The first-order valence-electron chi connectivity index (χ1n) is 6.72. The predicted octanol–water partition coefficient (Wildman–Crippen LogP) is 4.51. The molecule has 106 valence electrons. The van der Waals surface area contributed by atoms with Crippen molar-refractivity contribution in [3.63, 3.8) is 0 Å². The average molecular weight is 290 g/mol. The van der Waals surface area contributed by atoms with Gasteiger partial charge in [0.15, 0.2) is 0 Å². The first-order chi connectivity index (χ1) is 9.60. The summed E-state index contributed by atoms with van der Waals surface area (Å²) in [6, 6.07) is 14.5. The van der Waals surface area contributed by atoms with Gasteiger partial charge in [-0.25, -0.2) is 0 Å². The number of aryl methyl sites for hydroxylation is 1. The zero-order chi connectivity index (χ0) is 14.5. The summed E-state index contributed by atoms with van der Waals surface area (Å²) in [5.41, 5.74) is 3.65. The molecule has 2 rings (SSSR count). The molecule has 0 aromatic heterocycles. The van der Waals surface area contributed by atoms with Crippen molar-refractivity contribution >= 4 is 11.6 Å². The highest BCUT2D eigenvalue weighted by Gasteiger charge is 2.05. The minimum Gasteiger partial charge on any atom is -0.496 e. The Morgan fingerprint density at radius 3 is 2.45 bits per heavy atom. The van der Waals surface area contributed by atoms with Gasteiger partial charge in [0.1, 0.15) is 5.75 Å². The summed E-state index contributed by atoms with van der Waals surface area (Å²) in [5, 5.41) is 4.29. The summed E-state index contributed by atoms with van der Waals surface area (Å²) in [6.07, 6.45) is 0. The number of benzene rings is 2.